The molecule has 2 aromatic carbocycles. The number of hydrogen-bond acceptors (Lipinski definition) is 4. The number of carbonyl (C=O) groups is 1. The number of carboxylic acid groups (broad SMARTS) is 1. The highest BCUT2D eigenvalue weighted by molar-refractivity contribution is 7.92. The topological polar surface area (TPSA) is 86.7 Å². The van der Waals surface area contributed by atoms with Gasteiger partial charge in [0, 0.05) is 18.8 Å². The molecule has 158 valence electrons. The number of nitrogens with zero attached hydrogens (tertiary/aromatic N) is 1. The van der Waals surface area contributed by atoms with Crippen molar-refractivity contribution in [2.45, 2.75) is 32.6 Å². The molecule has 29 heavy (non-hydrogen) atoms. The number of halogens is 1. The van der Waals surface area contributed by atoms with Crippen LogP contribution < -0.4 is 9.62 Å². The summed E-state index contributed by atoms with van der Waals surface area (Å²) in [6, 6.07) is 8.88. The molecule has 0 atom stereocenters. The Morgan fingerprint density at radius 3 is 2.07 bits per heavy atom. The van der Waals surface area contributed by atoms with Gasteiger partial charge in [-0.25, -0.2) is 17.6 Å². The summed E-state index contributed by atoms with van der Waals surface area (Å²) in [5.41, 5.74) is 0.694. The van der Waals surface area contributed by atoms with E-state index in [-0.39, 0.29) is 16.1 Å². The fraction of sp³-hybridized carbons (Fsp3) is 0.381. The molecule has 0 radical (unpaired) electrons. The highest BCUT2D eigenvalue weighted by atomic mass is 32.2. The summed E-state index contributed by atoms with van der Waals surface area (Å²) in [5, 5.41) is 9.71. The number of rotatable bonds is 9. The minimum absolute atomic E-state index is 0.0191. The third-order valence-electron chi connectivity index (χ3n) is 4.11. The first-order valence-electron chi connectivity index (χ1n) is 9.40. The Hall–Kier alpha value is -2.61. The van der Waals surface area contributed by atoms with Crippen molar-refractivity contribution in [2.75, 3.05) is 22.7 Å². The van der Waals surface area contributed by atoms with Gasteiger partial charge in [-0.05, 0) is 54.3 Å². The molecule has 2 rings (SSSR count). The second-order valence-corrected chi connectivity index (χ2v) is 9.47. The first kappa shape index (κ1) is 22.7. The molecule has 0 heterocycles. The van der Waals surface area contributed by atoms with Crippen LogP contribution in [0.15, 0.2) is 47.4 Å². The zero-order valence-electron chi connectivity index (χ0n) is 17.0. The van der Waals surface area contributed by atoms with Crippen LogP contribution in [0.25, 0.3) is 0 Å². The summed E-state index contributed by atoms with van der Waals surface area (Å²) < 4.78 is 40.4. The van der Waals surface area contributed by atoms with Crippen LogP contribution in [0.2, 0.25) is 0 Å². The summed E-state index contributed by atoms with van der Waals surface area (Å²) in [6.07, 6.45) is 0. The van der Waals surface area contributed by atoms with E-state index < -0.39 is 21.8 Å². The Kier molecular flexibility index (Phi) is 7.24. The molecule has 0 amide bonds. The van der Waals surface area contributed by atoms with Gasteiger partial charge in [-0.15, -0.1) is 0 Å². The Labute approximate surface area is 171 Å². The fourth-order valence-corrected chi connectivity index (χ4v) is 4.08. The van der Waals surface area contributed by atoms with Gasteiger partial charge in [0.25, 0.3) is 10.0 Å². The molecular weight excluding hydrogens is 395 g/mol. The van der Waals surface area contributed by atoms with Crippen molar-refractivity contribution in [3.05, 3.63) is 53.8 Å². The predicted octanol–water partition coefficient (Wildman–Crippen LogP) is 4.44. The monoisotopic (exact) mass is 422 g/mol. The lowest BCUT2D eigenvalue weighted by atomic mass is 10.1. The van der Waals surface area contributed by atoms with Crippen molar-refractivity contribution in [3.8, 4) is 0 Å². The third kappa shape index (κ3) is 6.19. The molecule has 0 aromatic heterocycles. The van der Waals surface area contributed by atoms with E-state index in [1.54, 1.807) is 6.07 Å². The van der Waals surface area contributed by atoms with Crippen molar-refractivity contribution in [3.63, 3.8) is 0 Å². The second-order valence-electron chi connectivity index (χ2n) is 7.79. The molecular formula is C21H27FN2O4S. The second kappa shape index (κ2) is 9.26. The van der Waals surface area contributed by atoms with Gasteiger partial charge in [0.2, 0.25) is 0 Å². The number of carboxylic acids is 1. The number of nitrogens with one attached hydrogen (secondary N) is 1. The molecule has 0 spiro atoms. The lowest BCUT2D eigenvalue weighted by Gasteiger charge is -2.30. The van der Waals surface area contributed by atoms with Crippen molar-refractivity contribution in [1.29, 1.82) is 0 Å². The highest BCUT2D eigenvalue weighted by Gasteiger charge is 2.21. The average Bonchev–Trinajstić information content (AvgIpc) is 2.60. The zero-order valence-corrected chi connectivity index (χ0v) is 17.8. The van der Waals surface area contributed by atoms with Crippen LogP contribution in [-0.2, 0) is 10.0 Å². The molecule has 8 heteroatoms. The van der Waals surface area contributed by atoms with Crippen molar-refractivity contribution < 1.29 is 22.7 Å². The summed E-state index contributed by atoms with van der Waals surface area (Å²) in [5.74, 6) is -1.03. The number of hydrogen-bond donors (Lipinski definition) is 2. The smallest absolute Gasteiger partial charge is 0.337 e. The van der Waals surface area contributed by atoms with E-state index in [9.17, 15) is 22.7 Å². The lowest BCUT2D eigenvalue weighted by Crippen LogP contribution is -2.32. The van der Waals surface area contributed by atoms with Gasteiger partial charge in [-0.3, -0.25) is 4.72 Å². The van der Waals surface area contributed by atoms with Crippen LogP contribution in [0.5, 0.6) is 0 Å². The molecule has 0 fully saturated rings. The quantitative estimate of drug-likeness (QED) is 0.624. The molecule has 0 saturated carbocycles. The van der Waals surface area contributed by atoms with Gasteiger partial charge in [-0.2, -0.15) is 0 Å². The SMILES string of the molecule is CC(C)CN(CC(C)C)c1ccc(NS(=O)(=O)c2ccc(F)cc2)cc1C(=O)O. The van der Waals surface area contributed by atoms with Crippen LogP contribution in [0.4, 0.5) is 15.8 Å². The third-order valence-corrected chi connectivity index (χ3v) is 5.51. The summed E-state index contributed by atoms with van der Waals surface area (Å²) in [4.78, 5) is 13.8. The maximum atomic E-state index is 13.1. The first-order chi connectivity index (χ1) is 13.5. The Balaban J connectivity index is 2.40. The standard InChI is InChI=1S/C21H27FN2O4S/c1-14(2)12-24(13-15(3)4)20-10-7-17(11-19(20)21(25)26)23-29(27,28)18-8-5-16(22)6-9-18/h5-11,14-15,23H,12-13H2,1-4H3,(H,25,26). The van der Waals surface area contributed by atoms with Gasteiger partial charge in [0.15, 0.2) is 0 Å². The Bertz CT molecular complexity index is 947. The molecule has 0 saturated heterocycles. The van der Waals surface area contributed by atoms with Gasteiger partial charge in [-0.1, -0.05) is 27.7 Å². The molecule has 0 aliphatic heterocycles. The van der Waals surface area contributed by atoms with Crippen molar-refractivity contribution in [2.24, 2.45) is 11.8 Å². The number of anilines is 2. The van der Waals surface area contributed by atoms with E-state index in [1.165, 1.54) is 12.1 Å². The molecule has 2 N–H and O–H groups in total. The molecule has 0 aliphatic carbocycles. The molecule has 2 aromatic rings. The van der Waals surface area contributed by atoms with Gasteiger partial charge in [0.1, 0.15) is 5.82 Å². The molecule has 0 aliphatic rings. The molecule has 6 nitrogen and oxygen atoms in total. The maximum absolute atomic E-state index is 13.1. The van der Waals surface area contributed by atoms with Crippen LogP contribution in [0, 0.1) is 17.7 Å². The molecule has 0 unspecified atom stereocenters. The highest BCUT2D eigenvalue weighted by Crippen LogP contribution is 2.27. The number of aromatic carboxylic acids is 1. The van der Waals surface area contributed by atoms with Crippen molar-refractivity contribution >= 4 is 27.4 Å². The van der Waals surface area contributed by atoms with E-state index in [1.807, 2.05) is 4.90 Å². The Morgan fingerprint density at radius 1 is 1.03 bits per heavy atom. The van der Waals surface area contributed by atoms with Crippen LogP contribution in [-0.4, -0.2) is 32.6 Å². The van der Waals surface area contributed by atoms with Crippen molar-refractivity contribution in [1.82, 2.24) is 0 Å². The summed E-state index contributed by atoms with van der Waals surface area (Å²) in [7, 11) is -3.97. The first-order valence-corrected chi connectivity index (χ1v) is 10.9. The van der Waals surface area contributed by atoms with E-state index >= 15 is 0 Å². The Morgan fingerprint density at radius 2 is 1.59 bits per heavy atom. The lowest BCUT2D eigenvalue weighted by molar-refractivity contribution is 0.0697. The fourth-order valence-electron chi connectivity index (χ4n) is 3.03. The van der Waals surface area contributed by atoms with Crippen LogP contribution in [0.3, 0.4) is 0 Å². The average molecular weight is 423 g/mol. The van der Waals surface area contributed by atoms with Gasteiger partial charge >= 0.3 is 5.97 Å². The molecule has 0 bridgehead atoms. The van der Waals surface area contributed by atoms with E-state index in [4.69, 9.17) is 0 Å². The van der Waals surface area contributed by atoms with Crippen LogP contribution >= 0.6 is 0 Å². The van der Waals surface area contributed by atoms with Gasteiger partial charge < -0.3 is 10.0 Å². The zero-order chi connectivity index (χ0) is 21.8. The van der Waals surface area contributed by atoms with Crippen LogP contribution in [0.1, 0.15) is 38.1 Å². The number of sulfonamides is 1. The van der Waals surface area contributed by atoms with E-state index in [0.29, 0.717) is 30.6 Å². The normalized spacial score (nSPS) is 11.7. The minimum atomic E-state index is -3.97. The maximum Gasteiger partial charge on any atom is 0.337 e. The number of benzene rings is 2. The summed E-state index contributed by atoms with van der Waals surface area (Å²) >= 11 is 0. The summed E-state index contributed by atoms with van der Waals surface area (Å²) in [6.45, 7) is 9.58. The minimum Gasteiger partial charge on any atom is -0.478 e. The van der Waals surface area contributed by atoms with E-state index in [2.05, 4.69) is 32.4 Å². The van der Waals surface area contributed by atoms with E-state index in [0.717, 1.165) is 24.3 Å². The predicted molar refractivity (Wildman–Crippen MR) is 112 cm³/mol. The van der Waals surface area contributed by atoms with Gasteiger partial charge in [0.05, 0.1) is 16.1 Å². The largest absolute Gasteiger partial charge is 0.478 e.